The fourth-order valence-corrected chi connectivity index (χ4v) is 2.53. The molecule has 0 unspecified atom stereocenters. The highest BCUT2D eigenvalue weighted by molar-refractivity contribution is 8.14. The summed E-state index contributed by atoms with van der Waals surface area (Å²) in [7, 11) is 0. The van der Waals surface area contributed by atoms with Gasteiger partial charge in [-0.2, -0.15) is 5.26 Å². The Morgan fingerprint density at radius 1 is 1.48 bits per heavy atom. The van der Waals surface area contributed by atoms with Crippen molar-refractivity contribution in [3.63, 3.8) is 0 Å². The molecule has 1 heterocycles. The molecule has 0 saturated heterocycles. The number of nitriles is 1. The Hall–Kier alpha value is -1.68. The molecule has 108 valence electrons. The van der Waals surface area contributed by atoms with Crippen LogP contribution in [0.25, 0.3) is 0 Å². The Morgan fingerprint density at radius 2 is 2.29 bits per heavy atom. The van der Waals surface area contributed by atoms with Gasteiger partial charge in [-0.05, 0) is 18.2 Å². The summed E-state index contributed by atoms with van der Waals surface area (Å²) in [6.45, 7) is 0.729. The van der Waals surface area contributed by atoms with Crippen LogP contribution in [0, 0.1) is 11.3 Å². The zero-order chi connectivity index (χ0) is 15.2. The van der Waals surface area contributed by atoms with E-state index in [0.717, 1.165) is 12.3 Å². The molecule has 0 atom stereocenters. The number of thioether (sulfide) groups is 1. The first-order chi connectivity index (χ1) is 10.1. The third-order valence-corrected chi connectivity index (χ3v) is 3.94. The molecule has 0 saturated carbocycles. The molecule has 2 rings (SSSR count). The predicted octanol–water partition coefficient (Wildman–Crippen LogP) is 3.03. The van der Waals surface area contributed by atoms with Gasteiger partial charge < -0.3 is 10.6 Å². The topological polar surface area (TPSA) is 77.3 Å². The van der Waals surface area contributed by atoms with Crippen LogP contribution in [-0.4, -0.2) is 23.4 Å². The van der Waals surface area contributed by atoms with Crippen LogP contribution < -0.4 is 10.6 Å². The minimum absolute atomic E-state index is 0.0822. The number of amides is 1. The lowest BCUT2D eigenvalue weighted by molar-refractivity contribution is -0.112. The quantitative estimate of drug-likeness (QED) is 0.654. The van der Waals surface area contributed by atoms with Crippen LogP contribution in [0.5, 0.6) is 0 Å². The van der Waals surface area contributed by atoms with Crippen LogP contribution in [0.3, 0.4) is 0 Å². The van der Waals surface area contributed by atoms with Crippen molar-refractivity contribution in [3.05, 3.63) is 40.0 Å². The van der Waals surface area contributed by atoms with Gasteiger partial charge in [-0.1, -0.05) is 35.0 Å². The van der Waals surface area contributed by atoms with Crippen LogP contribution in [-0.2, 0) is 4.79 Å². The van der Waals surface area contributed by atoms with Gasteiger partial charge in [0, 0.05) is 17.0 Å². The molecule has 1 aromatic rings. The van der Waals surface area contributed by atoms with Gasteiger partial charge in [-0.3, -0.25) is 9.79 Å². The standard InChI is InChI=1S/C13H10Cl2N4OS/c14-9-1-2-10(15)11(5-9)19-12(20)8(6-16)7-18-13-17-3-4-21-13/h1-2,5,7H,3-4H2,(H,17,18)(H,19,20)/b8-7-. The molecule has 8 heteroatoms. The zero-order valence-electron chi connectivity index (χ0n) is 10.7. The normalized spacial score (nSPS) is 14.3. The number of nitrogens with one attached hydrogen (secondary N) is 2. The summed E-state index contributed by atoms with van der Waals surface area (Å²) in [6.07, 6.45) is 1.32. The van der Waals surface area contributed by atoms with Crippen molar-refractivity contribution in [2.24, 2.45) is 4.99 Å². The highest BCUT2D eigenvalue weighted by Gasteiger charge is 2.13. The number of carbonyl (C=O) groups is 1. The second kappa shape index (κ2) is 7.36. The Kier molecular flexibility index (Phi) is 5.51. The highest BCUT2D eigenvalue weighted by Crippen LogP contribution is 2.25. The van der Waals surface area contributed by atoms with E-state index in [1.807, 2.05) is 6.07 Å². The first kappa shape index (κ1) is 15.7. The lowest BCUT2D eigenvalue weighted by Crippen LogP contribution is -2.18. The summed E-state index contributed by atoms with van der Waals surface area (Å²) in [6, 6.07) is 6.52. The molecule has 5 nitrogen and oxygen atoms in total. The number of amidine groups is 1. The van der Waals surface area contributed by atoms with Crippen molar-refractivity contribution < 1.29 is 4.79 Å². The van der Waals surface area contributed by atoms with Gasteiger partial charge in [0.05, 0.1) is 17.3 Å². The van der Waals surface area contributed by atoms with Crippen LogP contribution in [0.1, 0.15) is 0 Å². The van der Waals surface area contributed by atoms with E-state index in [1.165, 1.54) is 24.0 Å². The monoisotopic (exact) mass is 340 g/mol. The number of hydrogen-bond acceptors (Lipinski definition) is 5. The van der Waals surface area contributed by atoms with Crippen LogP contribution in [0.15, 0.2) is 35.0 Å². The van der Waals surface area contributed by atoms with Gasteiger partial charge in [0.25, 0.3) is 5.91 Å². The summed E-state index contributed by atoms with van der Waals surface area (Å²) in [4.78, 5) is 16.2. The number of nitrogens with zero attached hydrogens (tertiary/aromatic N) is 2. The minimum atomic E-state index is -0.572. The lowest BCUT2D eigenvalue weighted by Gasteiger charge is -2.07. The summed E-state index contributed by atoms with van der Waals surface area (Å²) in [5.74, 6) is 0.320. The number of benzene rings is 1. The zero-order valence-corrected chi connectivity index (χ0v) is 13.0. The molecule has 0 radical (unpaired) electrons. The summed E-state index contributed by atoms with van der Waals surface area (Å²) < 4.78 is 0. The maximum Gasteiger partial charge on any atom is 0.267 e. The SMILES string of the molecule is N#C/C(=C/NC1=NCCS1)C(=O)Nc1cc(Cl)ccc1Cl. The third-order valence-electron chi connectivity index (χ3n) is 2.47. The highest BCUT2D eigenvalue weighted by atomic mass is 35.5. The molecule has 1 aliphatic heterocycles. The molecular weight excluding hydrogens is 331 g/mol. The summed E-state index contributed by atoms with van der Waals surface area (Å²) >= 11 is 13.3. The van der Waals surface area contributed by atoms with Crippen molar-refractivity contribution >= 4 is 51.7 Å². The molecule has 1 amide bonds. The van der Waals surface area contributed by atoms with Gasteiger partial charge in [-0.15, -0.1) is 0 Å². The number of anilines is 1. The van der Waals surface area contributed by atoms with Gasteiger partial charge in [0.2, 0.25) is 0 Å². The molecular formula is C13H10Cl2N4OS. The van der Waals surface area contributed by atoms with Crippen LogP contribution in [0.2, 0.25) is 10.0 Å². The Morgan fingerprint density at radius 3 is 2.95 bits per heavy atom. The van der Waals surface area contributed by atoms with Crippen molar-refractivity contribution in [2.75, 3.05) is 17.6 Å². The fraction of sp³-hybridized carbons (Fsp3) is 0.154. The first-order valence-corrected chi connectivity index (χ1v) is 7.65. The fourth-order valence-electron chi connectivity index (χ4n) is 1.49. The number of halogens is 2. The number of rotatable bonds is 3. The first-order valence-electron chi connectivity index (χ1n) is 5.90. The van der Waals surface area contributed by atoms with Gasteiger partial charge >= 0.3 is 0 Å². The molecule has 1 aromatic carbocycles. The lowest BCUT2D eigenvalue weighted by atomic mass is 10.2. The molecule has 1 aliphatic rings. The molecule has 0 aromatic heterocycles. The summed E-state index contributed by atoms with van der Waals surface area (Å²) in [5, 5.41) is 15.9. The van der Waals surface area contributed by atoms with Gasteiger partial charge in [0.1, 0.15) is 11.6 Å². The second-order valence-electron chi connectivity index (χ2n) is 3.93. The molecule has 2 N–H and O–H groups in total. The predicted molar refractivity (Wildman–Crippen MR) is 86.7 cm³/mol. The van der Waals surface area contributed by atoms with Crippen LogP contribution >= 0.6 is 35.0 Å². The maximum atomic E-state index is 12.0. The maximum absolute atomic E-state index is 12.0. The van der Waals surface area contributed by atoms with E-state index < -0.39 is 5.91 Å². The number of aliphatic imine (C=N–C) groups is 1. The minimum Gasteiger partial charge on any atom is -0.340 e. The van der Waals surface area contributed by atoms with E-state index in [1.54, 1.807) is 12.1 Å². The average Bonchev–Trinajstić information content (AvgIpc) is 2.97. The molecule has 0 aliphatic carbocycles. The largest absolute Gasteiger partial charge is 0.340 e. The Labute approximate surface area is 136 Å². The Balaban J connectivity index is 2.08. The summed E-state index contributed by atoms with van der Waals surface area (Å²) in [5.41, 5.74) is 0.268. The molecule has 0 spiro atoms. The van der Waals surface area contributed by atoms with E-state index in [-0.39, 0.29) is 5.57 Å². The van der Waals surface area contributed by atoms with Gasteiger partial charge in [0.15, 0.2) is 5.17 Å². The molecule has 0 bridgehead atoms. The van der Waals surface area contributed by atoms with E-state index in [0.29, 0.717) is 20.9 Å². The molecule has 0 fully saturated rings. The van der Waals surface area contributed by atoms with E-state index in [2.05, 4.69) is 15.6 Å². The van der Waals surface area contributed by atoms with Gasteiger partial charge in [-0.25, -0.2) is 0 Å². The van der Waals surface area contributed by atoms with E-state index in [4.69, 9.17) is 28.5 Å². The average molecular weight is 341 g/mol. The Bertz CT molecular complexity index is 667. The molecule has 21 heavy (non-hydrogen) atoms. The third kappa shape index (κ3) is 4.39. The van der Waals surface area contributed by atoms with Crippen molar-refractivity contribution in [2.45, 2.75) is 0 Å². The van der Waals surface area contributed by atoms with Crippen molar-refractivity contribution in [3.8, 4) is 6.07 Å². The van der Waals surface area contributed by atoms with E-state index >= 15 is 0 Å². The van der Waals surface area contributed by atoms with Crippen molar-refractivity contribution in [1.82, 2.24) is 5.32 Å². The number of hydrogen-bond donors (Lipinski definition) is 2. The van der Waals surface area contributed by atoms with Crippen LogP contribution in [0.4, 0.5) is 5.69 Å². The van der Waals surface area contributed by atoms with E-state index in [9.17, 15) is 4.79 Å². The van der Waals surface area contributed by atoms with Crippen molar-refractivity contribution in [1.29, 1.82) is 5.26 Å². The second-order valence-corrected chi connectivity index (χ2v) is 5.86. The number of carbonyl (C=O) groups excluding carboxylic acids is 1. The smallest absolute Gasteiger partial charge is 0.267 e.